The maximum Gasteiger partial charge on any atom is 0.337 e. The van der Waals surface area contributed by atoms with Crippen LogP contribution in [0, 0.1) is 47.3 Å². The van der Waals surface area contributed by atoms with E-state index in [1.54, 1.807) is 0 Å². The van der Waals surface area contributed by atoms with Gasteiger partial charge in [-0.2, -0.15) is 0 Å². The average molecular weight is 485 g/mol. The first-order valence-electron chi connectivity index (χ1n) is 14.5. The van der Waals surface area contributed by atoms with Gasteiger partial charge in [0.2, 0.25) is 0 Å². The van der Waals surface area contributed by atoms with E-state index in [9.17, 15) is 4.79 Å². The summed E-state index contributed by atoms with van der Waals surface area (Å²) in [7, 11) is 0. The minimum absolute atomic E-state index is 0.0681. The summed E-state index contributed by atoms with van der Waals surface area (Å²) in [6.45, 7) is 15.7. The minimum Gasteiger partial charge on any atom is -0.492 e. The number of allylic oxidation sites excluding steroid dienone is 3. The van der Waals surface area contributed by atoms with Gasteiger partial charge in [-0.1, -0.05) is 13.8 Å². The van der Waals surface area contributed by atoms with Crippen molar-refractivity contribution in [3.05, 3.63) is 23.2 Å². The van der Waals surface area contributed by atoms with Crippen molar-refractivity contribution in [3.63, 3.8) is 0 Å². The van der Waals surface area contributed by atoms with Crippen LogP contribution in [0.1, 0.15) is 99.8 Å². The number of fused-ring (bicyclic) bond motifs is 2. The van der Waals surface area contributed by atoms with Gasteiger partial charge in [-0.05, 0) is 122 Å². The van der Waals surface area contributed by atoms with Crippen LogP contribution in [0.5, 0.6) is 0 Å². The Morgan fingerprint density at radius 1 is 0.943 bits per heavy atom. The molecule has 0 amide bonds. The molecule has 0 N–H and O–H groups in total. The van der Waals surface area contributed by atoms with Crippen LogP contribution in [0.2, 0.25) is 0 Å². The van der Waals surface area contributed by atoms with Crippen LogP contribution >= 0.6 is 0 Å². The molecule has 2 aliphatic heterocycles. The van der Waals surface area contributed by atoms with Crippen molar-refractivity contribution in [2.24, 2.45) is 47.3 Å². The summed E-state index contributed by atoms with van der Waals surface area (Å²) in [4.78, 5) is 12.3. The van der Waals surface area contributed by atoms with Gasteiger partial charge in [0.05, 0.1) is 17.9 Å². The monoisotopic (exact) mass is 484 g/mol. The molecular weight excluding hydrogens is 436 g/mol. The van der Waals surface area contributed by atoms with E-state index in [1.165, 1.54) is 44.3 Å². The second-order valence-corrected chi connectivity index (χ2v) is 13.3. The smallest absolute Gasteiger partial charge is 0.337 e. The fourth-order valence-corrected chi connectivity index (χ4v) is 9.13. The van der Waals surface area contributed by atoms with Crippen molar-refractivity contribution >= 4 is 5.97 Å². The SMILES string of the molecule is CC1=CC2CC(C)C3CCC(C)(O1)C2C3.CCOC(=O)C1=C(C)OC2(C)CCC3CC2C1CC3C. The van der Waals surface area contributed by atoms with E-state index in [0.717, 1.165) is 53.8 Å². The topological polar surface area (TPSA) is 44.8 Å². The molecule has 4 heteroatoms. The van der Waals surface area contributed by atoms with Crippen LogP contribution in [0.4, 0.5) is 0 Å². The predicted molar refractivity (Wildman–Crippen MR) is 138 cm³/mol. The van der Waals surface area contributed by atoms with E-state index in [1.807, 2.05) is 13.8 Å². The summed E-state index contributed by atoms with van der Waals surface area (Å²) in [5.74, 6) is 7.67. The lowest BCUT2D eigenvalue weighted by Gasteiger charge is -2.56. The van der Waals surface area contributed by atoms with E-state index in [-0.39, 0.29) is 17.2 Å². The van der Waals surface area contributed by atoms with Crippen molar-refractivity contribution in [3.8, 4) is 0 Å². The molecule has 0 radical (unpaired) electrons. The molecule has 0 aromatic rings. The highest BCUT2D eigenvalue weighted by Crippen LogP contribution is 2.57. The molecule has 6 aliphatic rings. The van der Waals surface area contributed by atoms with Gasteiger partial charge in [0, 0.05) is 17.8 Å². The highest BCUT2D eigenvalue weighted by molar-refractivity contribution is 5.90. The molecule has 4 fully saturated rings. The molecule has 6 rings (SSSR count). The zero-order chi connectivity index (χ0) is 25.1. The molecule has 4 aliphatic carbocycles. The zero-order valence-electron chi connectivity index (χ0n) is 23.2. The van der Waals surface area contributed by atoms with Crippen molar-refractivity contribution in [2.45, 2.75) is 111 Å². The first-order valence-corrected chi connectivity index (χ1v) is 14.5. The summed E-state index contributed by atoms with van der Waals surface area (Å²) in [5, 5.41) is 0. The van der Waals surface area contributed by atoms with Crippen LogP contribution in [0.15, 0.2) is 23.2 Å². The number of ether oxygens (including phenoxy) is 3. The predicted octanol–water partition coefficient (Wildman–Crippen LogP) is 7.44. The largest absolute Gasteiger partial charge is 0.492 e. The maximum atomic E-state index is 12.3. The Labute approximate surface area is 213 Å². The number of hydrogen-bond donors (Lipinski definition) is 0. The molecule has 0 saturated heterocycles. The van der Waals surface area contributed by atoms with E-state index in [4.69, 9.17) is 14.2 Å². The molecule has 10 atom stereocenters. The molecule has 4 saturated carbocycles. The number of hydrogen-bond acceptors (Lipinski definition) is 4. The Morgan fingerprint density at radius 3 is 2.20 bits per heavy atom. The van der Waals surface area contributed by atoms with E-state index < -0.39 is 0 Å². The van der Waals surface area contributed by atoms with Gasteiger partial charge < -0.3 is 14.2 Å². The summed E-state index contributed by atoms with van der Waals surface area (Å²) in [6.07, 6.45) is 12.6. The number of rotatable bonds is 2. The van der Waals surface area contributed by atoms with E-state index >= 15 is 0 Å². The minimum atomic E-state index is -0.159. The van der Waals surface area contributed by atoms with Crippen molar-refractivity contribution in [1.29, 1.82) is 0 Å². The lowest BCUT2D eigenvalue weighted by Crippen LogP contribution is -2.54. The number of carbonyl (C=O) groups excluding carboxylic acids is 1. The summed E-state index contributed by atoms with van der Waals surface area (Å²) < 4.78 is 17.6. The highest BCUT2D eigenvalue weighted by Gasteiger charge is 2.55. The molecule has 0 aromatic carbocycles. The average Bonchev–Trinajstić information content (AvgIpc) is 2.78. The first kappa shape index (κ1) is 25.2. The lowest BCUT2D eigenvalue weighted by molar-refractivity contribution is -0.152. The van der Waals surface area contributed by atoms with Gasteiger partial charge in [0.15, 0.2) is 0 Å². The van der Waals surface area contributed by atoms with Gasteiger partial charge in [-0.25, -0.2) is 4.79 Å². The third-order valence-corrected chi connectivity index (χ3v) is 11.1. The maximum absolute atomic E-state index is 12.3. The quantitative estimate of drug-likeness (QED) is 0.382. The number of esters is 1. The zero-order valence-corrected chi connectivity index (χ0v) is 23.2. The normalized spacial score (nSPS) is 47.3. The Hall–Kier alpha value is -1.45. The summed E-state index contributed by atoms with van der Waals surface area (Å²) in [6, 6.07) is 0. The van der Waals surface area contributed by atoms with Crippen LogP contribution in [0.3, 0.4) is 0 Å². The van der Waals surface area contributed by atoms with Crippen molar-refractivity contribution in [2.75, 3.05) is 6.61 Å². The molecule has 10 unspecified atom stereocenters. The Morgan fingerprint density at radius 2 is 1.54 bits per heavy atom. The first-order chi connectivity index (χ1) is 16.5. The molecule has 0 aromatic heterocycles. The van der Waals surface area contributed by atoms with E-state index in [0.29, 0.717) is 24.4 Å². The third-order valence-electron chi connectivity index (χ3n) is 11.1. The van der Waals surface area contributed by atoms with Gasteiger partial charge in [0.25, 0.3) is 0 Å². The molecule has 35 heavy (non-hydrogen) atoms. The van der Waals surface area contributed by atoms with Gasteiger partial charge >= 0.3 is 5.97 Å². The van der Waals surface area contributed by atoms with Crippen LogP contribution in [-0.2, 0) is 19.0 Å². The standard InChI is InChI=1S/C17H26O3.C14H22O/c1-5-19-16(18)15-11(3)20-17(4)7-6-12-9-14(17)13(15)8-10(12)2;1-9-6-12-7-10(2)15-14(3)5-4-11(9)8-13(12)14/h10,12-14H,5-9H2,1-4H3;7,9,11-13H,4-6,8H2,1-3H3. The van der Waals surface area contributed by atoms with Gasteiger partial charge in [-0.3, -0.25) is 0 Å². The summed E-state index contributed by atoms with van der Waals surface area (Å²) in [5.41, 5.74) is 0.920. The van der Waals surface area contributed by atoms with Crippen LogP contribution in [-0.4, -0.2) is 23.8 Å². The van der Waals surface area contributed by atoms with Crippen molar-refractivity contribution in [1.82, 2.24) is 0 Å². The van der Waals surface area contributed by atoms with Crippen LogP contribution < -0.4 is 0 Å². The molecule has 196 valence electrons. The second-order valence-electron chi connectivity index (χ2n) is 13.3. The lowest BCUT2D eigenvalue weighted by atomic mass is 9.55. The number of carbonyl (C=O) groups is 1. The molecule has 4 bridgehead atoms. The fourth-order valence-electron chi connectivity index (χ4n) is 9.13. The fraction of sp³-hybridized carbons (Fsp3) is 0.839. The Balaban J connectivity index is 0.000000151. The van der Waals surface area contributed by atoms with Gasteiger partial charge in [0.1, 0.15) is 17.0 Å². The molecule has 2 heterocycles. The molecule has 0 spiro atoms. The van der Waals surface area contributed by atoms with Crippen LogP contribution in [0.25, 0.3) is 0 Å². The summed E-state index contributed by atoms with van der Waals surface area (Å²) >= 11 is 0. The van der Waals surface area contributed by atoms with Gasteiger partial charge in [-0.15, -0.1) is 0 Å². The highest BCUT2D eigenvalue weighted by atomic mass is 16.5. The van der Waals surface area contributed by atoms with E-state index in [2.05, 4.69) is 40.7 Å². The Kier molecular flexibility index (Phi) is 6.58. The second kappa shape index (κ2) is 9.14. The molecular formula is C31H48O4. The molecule has 4 nitrogen and oxygen atoms in total. The Bertz CT molecular complexity index is 904. The van der Waals surface area contributed by atoms with Crippen molar-refractivity contribution < 1.29 is 19.0 Å². The third kappa shape index (κ3) is 4.35.